The van der Waals surface area contributed by atoms with Crippen LogP contribution in [0.3, 0.4) is 0 Å². The SMILES string of the molecule is CC(C#N)CN(C)c1ncnc(Cl)c1C(C)C. The molecule has 1 rings (SSSR count). The second-order valence-corrected chi connectivity index (χ2v) is 4.83. The molecular formula is C12H17ClN4. The summed E-state index contributed by atoms with van der Waals surface area (Å²) in [4.78, 5) is 10.2. The van der Waals surface area contributed by atoms with Gasteiger partial charge in [0.1, 0.15) is 17.3 Å². The van der Waals surface area contributed by atoms with Crippen LogP contribution >= 0.6 is 11.6 Å². The lowest BCUT2D eigenvalue weighted by molar-refractivity contribution is 0.700. The zero-order valence-electron chi connectivity index (χ0n) is 10.6. The lowest BCUT2D eigenvalue weighted by atomic mass is 10.1. The zero-order valence-corrected chi connectivity index (χ0v) is 11.4. The summed E-state index contributed by atoms with van der Waals surface area (Å²) in [7, 11) is 1.92. The Morgan fingerprint density at radius 2 is 2.06 bits per heavy atom. The van der Waals surface area contributed by atoms with Crippen LogP contribution in [-0.2, 0) is 0 Å². The van der Waals surface area contributed by atoms with Gasteiger partial charge in [0.25, 0.3) is 0 Å². The maximum atomic E-state index is 8.83. The van der Waals surface area contributed by atoms with Crippen LogP contribution in [0.4, 0.5) is 5.82 Å². The van der Waals surface area contributed by atoms with Gasteiger partial charge in [0.15, 0.2) is 0 Å². The van der Waals surface area contributed by atoms with Crippen LogP contribution in [0.25, 0.3) is 0 Å². The molecule has 0 N–H and O–H groups in total. The monoisotopic (exact) mass is 252 g/mol. The number of anilines is 1. The van der Waals surface area contributed by atoms with Crippen LogP contribution in [0.2, 0.25) is 5.15 Å². The Labute approximate surface area is 107 Å². The summed E-state index contributed by atoms with van der Waals surface area (Å²) in [6, 6.07) is 2.21. The number of aromatic nitrogens is 2. The molecule has 92 valence electrons. The lowest BCUT2D eigenvalue weighted by Gasteiger charge is -2.23. The van der Waals surface area contributed by atoms with Gasteiger partial charge in [-0.3, -0.25) is 0 Å². The Kier molecular flexibility index (Phi) is 4.71. The summed E-state index contributed by atoms with van der Waals surface area (Å²) < 4.78 is 0. The molecule has 0 bridgehead atoms. The van der Waals surface area contributed by atoms with Gasteiger partial charge in [-0.25, -0.2) is 9.97 Å². The molecule has 1 atom stereocenters. The van der Waals surface area contributed by atoms with E-state index in [1.807, 2.05) is 18.9 Å². The summed E-state index contributed by atoms with van der Waals surface area (Å²) in [5.41, 5.74) is 0.932. The van der Waals surface area contributed by atoms with Crippen molar-refractivity contribution in [1.29, 1.82) is 5.26 Å². The molecule has 5 heteroatoms. The van der Waals surface area contributed by atoms with Crippen molar-refractivity contribution >= 4 is 17.4 Å². The van der Waals surface area contributed by atoms with Crippen molar-refractivity contribution in [3.05, 3.63) is 17.0 Å². The molecule has 1 unspecified atom stereocenters. The molecule has 0 fully saturated rings. The standard InChI is InChI=1S/C12H17ClN4/c1-8(2)10-11(13)15-7-16-12(10)17(4)6-9(3)5-14/h7-9H,6H2,1-4H3. The smallest absolute Gasteiger partial charge is 0.138 e. The largest absolute Gasteiger partial charge is 0.358 e. The van der Waals surface area contributed by atoms with E-state index in [0.29, 0.717) is 11.7 Å². The van der Waals surface area contributed by atoms with Crippen LogP contribution in [0.15, 0.2) is 6.33 Å². The molecule has 0 saturated carbocycles. The first-order valence-corrected chi connectivity index (χ1v) is 5.96. The Bertz CT molecular complexity index is 425. The van der Waals surface area contributed by atoms with E-state index in [4.69, 9.17) is 16.9 Å². The zero-order chi connectivity index (χ0) is 13.0. The molecule has 0 aromatic carbocycles. The van der Waals surface area contributed by atoms with Gasteiger partial charge in [0, 0.05) is 19.2 Å². The van der Waals surface area contributed by atoms with Crippen molar-refractivity contribution in [3.8, 4) is 6.07 Å². The molecule has 1 heterocycles. The fraction of sp³-hybridized carbons (Fsp3) is 0.583. The summed E-state index contributed by atoms with van der Waals surface area (Å²) >= 11 is 6.10. The predicted molar refractivity (Wildman–Crippen MR) is 69.2 cm³/mol. The van der Waals surface area contributed by atoms with E-state index in [2.05, 4.69) is 29.9 Å². The quantitative estimate of drug-likeness (QED) is 0.774. The predicted octanol–water partition coefficient (Wildman–Crippen LogP) is 2.85. The van der Waals surface area contributed by atoms with Gasteiger partial charge >= 0.3 is 0 Å². The van der Waals surface area contributed by atoms with Crippen LogP contribution < -0.4 is 4.90 Å². The van der Waals surface area contributed by atoms with E-state index in [0.717, 1.165) is 11.4 Å². The topological polar surface area (TPSA) is 52.8 Å². The maximum absolute atomic E-state index is 8.83. The highest BCUT2D eigenvalue weighted by Crippen LogP contribution is 2.30. The van der Waals surface area contributed by atoms with Crippen molar-refractivity contribution in [2.75, 3.05) is 18.5 Å². The Morgan fingerprint density at radius 1 is 1.41 bits per heavy atom. The number of hydrogen-bond donors (Lipinski definition) is 0. The fourth-order valence-corrected chi connectivity index (χ4v) is 2.05. The van der Waals surface area contributed by atoms with Crippen LogP contribution in [0.5, 0.6) is 0 Å². The number of nitrogens with zero attached hydrogens (tertiary/aromatic N) is 4. The van der Waals surface area contributed by atoms with E-state index in [9.17, 15) is 0 Å². The van der Waals surface area contributed by atoms with Crippen molar-refractivity contribution in [2.24, 2.45) is 5.92 Å². The van der Waals surface area contributed by atoms with Crippen molar-refractivity contribution in [2.45, 2.75) is 26.7 Å². The molecule has 0 amide bonds. The summed E-state index contributed by atoms with van der Waals surface area (Å²) in [5, 5.41) is 9.32. The normalized spacial score (nSPS) is 12.3. The van der Waals surface area contributed by atoms with Gasteiger partial charge in [-0.2, -0.15) is 5.26 Å². The molecule has 1 aromatic heterocycles. The second kappa shape index (κ2) is 5.83. The first kappa shape index (κ1) is 13.7. The third kappa shape index (κ3) is 3.31. The van der Waals surface area contributed by atoms with E-state index in [1.165, 1.54) is 6.33 Å². The minimum absolute atomic E-state index is 0.0475. The van der Waals surface area contributed by atoms with Crippen LogP contribution in [0.1, 0.15) is 32.3 Å². The average Bonchev–Trinajstić information content (AvgIpc) is 2.27. The first-order valence-electron chi connectivity index (χ1n) is 5.58. The number of nitriles is 1. The lowest BCUT2D eigenvalue weighted by Crippen LogP contribution is -2.25. The minimum atomic E-state index is -0.0475. The summed E-state index contributed by atoms with van der Waals surface area (Å²) in [6.07, 6.45) is 1.46. The molecule has 0 saturated heterocycles. The molecule has 4 nitrogen and oxygen atoms in total. The number of halogens is 1. The minimum Gasteiger partial charge on any atom is -0.358 e. The molecule has 1 aromatic rings. The van der Waals surface area contributed by atoms with E-state index in [-0.39, 0.29) is 11.8 Å². The van der Waals surface area contributed by atoms with Crippen molar-refractivity contribution in [3.63, 3.8) is 0 Å². The molecule has 0 spiro atoms. The van der Waals surface area contributed by atoms with Gasteiger partial charge < -0.3 is 4.90 Å². The number of rotatable bonds is 4. The molecule has 0 aliphatic heterocycles. The molecular weight excluding hydrogens is 236 g/mol. The van der Waals surface area contributed by atoms with Gasteiger partial charge in [0.2, 0.25) is 0 Å². The summed E-state index contributed by atoms with van der Waals surface area (Å²) in [6.45, 7) is 6.61. The molecule has 0 radical (unpaired) electrons. The first-order chi connectivity index (χ1) is 7.97. The maximum Gasteiger partial charge on any atom is 0.138 e. The van der Waals surface area contributed by atoms with Crippen molar-refractivity contribution < 1.29 is 0 Å². The summed E-state index contributed by atoms with van der Waals surface area (Å²) in [5.74, 6) is 1.01. The van der Waals surface area contributed by atoms with E-state index < -0.39 is 0 Å². The van der Waals surface area contributed by atoms with Crippen LogP contribution in [-0.4, -0.2) is 23.6 Å². The van der Waals surface area contributed by atoms with E-state index in [1.54, 1.807) is 0 Å². The Balaban J connectivity index is 3.05. The fourth-order valence-electron chi connectivity index (χ4n) is 1.70. The highest BCUT2D eigenvalue weighted by Gasteiger charge is 2.17. The van der Waals surface area contributed by atoms with Gasteiger partial charge in [-0.15, -0.1) is 0 Å². The highest BCUT2D eigenvalue weighted by atomic mass is 35.5. The Hall–Kier alpha value is -1.34. The van der Waals surface area contributed by atoms with Crippen molar-refractivity contribution in [1.82, 2.24) is 9.97 Å². The van der Waals surface area contributed by atoms with Gasteiger partial charge in [-0.1, -0.05) is 25.4 Å². The van der Waals surface area contributed by atoms with Gasteiger partial charge in [-0.05, 0) is 12.8 Å². The van der Waals surface area contributed by atoms with Gasteiger partial charge in [0.05, 0.1) is 12.0 Å². The highest BCUT2D eigenvalue weighted by molar-refractivity contribution is 6.30. The van der Waals surface area contributed by atoms with Crippen LogP contribution in [0, 0.1) is 17.2 Å². The molecule has 0 aliphatic carbocycles. The molecule has 0 aliphatic rings. The third-order valence-corrected chi connectivity index (χ3v) is 2.82. The third-order valence-electron chi connectivity index (χ3n) is 2.52. The Morgan fingerprint density at radius 3 is 2.59 bits per heavy atom. The van der Waals surface area contributed by atoms with E-state index >= 15 is 0 Å². The second-order valence-electron chi connectivity index (χ2n) is 4.47. The number of hydrogen-bond acceptors (Lipinski definition) is 4. The molecule has 17 heavy (non-hydrogen) atoms. The average molecular weight is 253 g/mol.